The monoisotopic (exact) mass is 491 g/mol. The number of H-pyrrole nitrogens is 1. The van der Waals surface area contributed by atoms with E-state index in [1.807, 2.05) is 83.4 Å². The van der Waals surface area contributed by atoms with Crippen LogP contribution < -0.4 is 10.9 Å². The van der Waals surface area contributed by atoms with Gasteiger partial charge < -0.3 is 10.3 Å². The fraction of sp³-hybridized carbons (Fsp3) is 0.0714. The van der Waals surface area contributed by atoms with Crippen molar-refractivity contribution in [3.63, 3.8) is 0 Å². The molecule has 36 heavy (non-hydrogen) atoms. The summed E-state index contributed by atoms with van der Waals surface area (Å²) in [6.07, 6.45) is 2.30. The van der Waals surface area contributed by atoms with Gasteiger partial charge in [-0.3, -0.25) is 14.2 Å². The molecule has 0 fully saturated rings. The van der Waals surface area contributed by atoms with Crippen LogP contribution in [0.3, 0.4) is 0 Å². The number of anilines is 1. The number of para-hydroxylation sites is 2. The number of aromatic amines is 1. The van der Waals surface area contributed by atoms with Crippen molar-refractivity contribution in [2.24, 2.45) is 0 Å². The maximum absolute atomic E-state index is 13.1. The zero-order valence-electron chi connectivity index (χ0n) is 19.4. The van der Waals surface area contributed by atoms with Gasteiger partial charge in [-0.15, -0.1) is 11.3 Å². The fourth-order valence-corrected chi connectivity index (χ4v) is 5.43. The standard InChI is InChI=1S/C28H21N5O2S/c1-17-24-26(34)31-23(15-18-7-3-2-4-8-18)32-28(24)36-25(17)27(35)30-19-11-13-20(14-12-19)33-16-29-21-9-5-6-10-22(21)33/h2-14,16H,15H2,1H3,(H,30,35)(H,31,32,34). The first-order chi connectivity index (χ1) is 17.6. The van der Waals surface area contributed by atoms with Crippen LogP contribution in [0, 0.1) is 6.92 Å². The number of thiophene rings is 1. The van der Waals surface area contributed by atoms with Crippen molar-refractivity contribution in [1.82, 2.24) is 19.5 Å². The largest absolute Gasteiger partial charge is 0.321 e. The van der Waals surface area contributed by atoms with Crippen molar-refractivity contribution >= 4 is 44.2 Å². The minimum absolute atomic E-state index is 0.226. The molecule has 2 N–H and O–H groups in total. The molecule has 0 aliphatic heterocycles. The lowest BCUT2D eigenvalue weighted by molar-refractivity contribution is 0.103. The fourth-order valence-electron chi connectivity index (χ4n) is 4.34. The van der Waals surface area contributed by atoms with Crippen LogP contribution in [-0.4, -0.2) is 25.4 Å². The summed E-state index contributed by atoms with van der Waals surface area (Å²) in [5.41, 5.74) is 5.01. The van der Waals surface area contributed by atoms with Crippen molar-refractivity contribution in [2.45, 2.75) is 13.3 Å². The van der Waals surface area contributed by atoms with Crippen molar-refractivity contribution in [3.8, 4) is 5.69 Å². The van der Waals surface area contributed by atoms with Gasteiger partial charge in [0.25, 0.3) is 11.5 Å². The van der Waals surface area contributed by atoms with Crippen molar-refractivity contribution in [2.75, 3.05) is 5.32 Å². The Kier molecular flexibility index (Phi) is 5.42. The highest BCUT2D eigenvalue weighted by atomic mass is 32.1. The van der Waals surface area contributed by atoms with Crippen molar-refractivity contribution in [3.05, 3.63) is 117 Å². The summed E-state index contributed by atoms with van der Waals surface area (Å²) in [7, 11) is 0. The molecule has 0 radical (unpaired) electrons. The summed E-state index contributed by atoms with van der Waals surface area (Å²) >= 11 is 1.24. The Labute approximate surface area is 210 Å². The zero-order valence-corrected chi connectivity index (χ0v) is 20.2. The van der Waals surface area contributed by atoms with E-state index < -0.39 is 0 Å². The summed E-state index contributed by atoms with van der Waals surface area (Å²) < 4.78 is 2.00. The lowest BCUT2D eigenvalue weighted by atomic mass is 10.1. The second-order valence-corrected chi connectivity index (χ2v) is 9.51. The molecule has 0 bridgehead atoms. The predicted octanol–water partition coefficient (Wildman–Crippen LogP) is 5.48. The van der Waals surface area contributed by atoms with Crippen LogP contribution in [0.5, 0.6) is 0 Å². The van der Waals surface area contributed by atoms with Gasteiger partial charge in [0.2, 0.25) is 0 Å². The number of aryl methyl sites for hydroxylation is 1. The van der Waals surface area contributed by atoms with E-state index in [9.17, 15) is 9.59 Å². The minimum Gasteiger partial charge on any atom is -0.321 e. The average molecular weight is 492 g/mol. The molecular formula is C28H21N5O2S. The second-order valence-electron chi connectivity index (χ2n) is 8.52. The highest BCUT2D eigenvalue weighted by Crippen LogP contribution is 2.28. The molecule has 0 saturated heterocycles. The predicted molar refractivity (Wildman–Crippen MR) is 143 cm³/mol. The zero-order chi connectivity index (χ0) is 24.6. The van der Waals surface area contributed by atoms with Gasteiger partial charge in [0.15, 0.2) is 0 Å². The van der Waals surface area contributed by atoms with E-state index in [0.717, 1.165) is 22.3 Å². The van der Waals surface area contributed by atoms with Crippen LogP contribution in [0.25, 0.3) is 26.9 Å². The van der Waals surface area contributed by atoms with Gasteiger partial charge in [0.05, 0.1) is 21.3 Å². The Balaban J connectivity index is 1.25. The first kappa shape index (κ1) is 21.9. The van der Waals surface area contributed by atoms with E-state index >= 15 is 0 Å². The van der Waals surface area contributed by atoms with Crippen LogP contribution in [0.2, 0.25) is 0 Å². The van der Waals surface area contributed by atoms with E-state index in [-0.39, 0.29) is 11.5 Å². The molecule has 6 aromatic rings. The van der Waals surface area contributed by atoms with Crippen LogP contribution >= 0.6 is 11.3 Å². The number of amides is 1. The topological polar surface area (TPSA) is 92.7 Å². The molecule has 0 spiro atoms. The Morgan fingerprint density at radius 3 is 2.56 bits per heavy atom. The molecule has 3 aromatic carbocycles. The normalized spacial score (nSPS) is 11.2. The van der Waals surface area contributed by atoms with Crippen LogP contribution in [0.1, 0.15) is 26.6 Å². The number of fused-ring (bicyclic) bond motifs is 2. The van der Waals surface area contributed by atoms with Gasteiger partial charge >= 0.3 is 0 Å². The summed E-state index contributed by atoms with van der Waals surface area (Å²) in [5.74, 6) is 0.315. The molecule has 0 aliphatic rings. The van der Waals surface area contributed by atoms with Gasteiger partial charge in [-0.05, 0) is 54.4 Å². The SMILES string of the molecule is Cc1c(C(=O)Nc2ccc(-n3cnc4ccccc43)cc2)sc2nc(Cc3ccccc3)[nH]c(=O)c12. The third kappa shape index (κ3) is 3.97. The number of carbonyl (C=O) groups excluding carboxylic acids is 1. The lowest BCUT2D eigenvalue weighted by Gasteiger charge is -2.08. The summed E-state index contributed by atoms with van der Waals surface area (Å²) in [6, 6.07) is 25.3. The van der Waals surface area contributed by atoms with E-state index in [4.69, 9.17) is 0 Å². The quantitative estimate of drug-likeness (QED) is 0.334. The Morgan fingerprint density at radius 2 is 1.75 bits per heavy atom. The molecule has 6 rings (SSSR count). The highest BCUT2D eigenvalue weighted by molar-refractivity contribution is 7.20. The molecular weight excluding hydrogens is 470 g/mol. The third-order valence-electron chi connectivity index (χ3n) is 6.13. The molecule has 3 aromatic heterocycles. The average Bonchev–Trinajstić information content (AvgIpc) is 3.47. The Bertz CT molecular complexity index is 1780. The number of hydrogen-bond donors (Lipinski definition) is 2. The highest BCUT2D eigenvalue weighted by Gasteiger charge is 2.20. The molecule has 0 atom stereocenters. The summed E-state index contributed by atoms with van der Waals surface area (Å²) in [4.78, 5) is 38.9. The number of aromatic nitrogens is 4. The van der Waals surface area contributed by atoms with Gasteiger partial charge in [0.1, 0.15) is 17.0 Å². The smallest absolute Gasteiger partial charge is 0.266 e. The molecule has 1 amide bonds. The molecule has 176 valence electrons. The van der Waals surface area contributed by atoms with Crippen LogP contribution in [0.4, 0.5) is 5.69 Å². The molecule has 3 heterocycles. The third-order valence-corrected chi connectivity index (χ3v) is 7.31. The number of nitrogens with zero attached hydrogens (tertiary/aromatic N) is 3. The van der Waals surface area contributed by atoms with Crippen molar-refractivity contribution < 1.29 is 4.79 Å². The Hall–Kier alpha value is -4.56. The number of hydrogen-bond acceptors (Lipinski definition) is 5. The Morgan fingerprint density at radius 1 is 1.00 bits per heavy atom. The lowest BCUT2D eigenvalue weighted by Crippen LogP contribution is -2.13. The number of nitrogens with one attached hydrogen (secondary N) is 2. The van der Waals surface area contributed by atoms with Crippen molar-refractivity contribution in [1.29, 1.82) is 0 Å². The molecule has 0 unspecified atom stereocenters. The van der Waals surface area contributed by atoms with Crippen LogP contribution in [-0.2, 0) is 6.42 Å². The minimum atomic E-state index is -0.264. The first-order valence-corrected chi connectivity index (χ1v) is 12.3. The molecule has 8 heteroatoms. The maximum atomic E-state index is 13.1. The van der Waals surface area contributed by atoms with E-state index in [0.29, 0.717) is 38.6 Å². The first-order valence-electron chi connectivity index (χ1n) is 11.5. The van der Waals surface area contributed by atoms with Crippen LogP contribution in [0.15, 0.2) is 90.0 Å². The summed E-state index contributed by atoms with van der Waals surface area (Å²) in [6.45, 7) is 1.79. The van der Waals surface area contributed by atoms with Gasteiger partial charge in [0, 0.05) is 17.8 Å². The second kappa shape index (κ2) is 8.90. The van der Waals surface area contributed by atoms with Gasteiger partial charge in [-0.1, -0.05) is 42.5 Å². The summed E-state index contributed by atoms with van der Waals surface area (Å²) in [5, 5.41) is 3.41. The van der Waals surface area contributed by atoms with E-state index in [2.05, 4.69) is 20.3 Å². The van der Waals surface area contributed by atoms with Gasteiger partial charge in [-0.25, -0.2) is 9.97 Å². The number of benzene rings is 3. The molecule has 0 saturated carbocycles. The molecule has 7 nitrogen and oxygen atoms in total. The number of rotatable bonds is 5. The number of carbonyl (C=O) groups is 1. The van der Waals surface area contributed by atoms with Gasteiger partial charge in [-0.2, -0.15) is 0 Å². The van der Waals surface area contributed by atoms with E-state index in [1.165, 1.54) is 11.3 Å². The number of imidazole rings is 1. The maximum Gasteiger partial charge on any atom is 0.266 e. The molecule has 0 aliphatic carbocycles. The van der Waals surface area contributed by atoms with E-state index in [1.54, 1.807) is 13.3 Å².